The summed E-state index contributed by atoms with van der Waals surface area (Å²) in [6.07, 6.45) is 0. The normalized spacial score (nSPS) is 10.4. The molecule has 3 N–H and O–H groups in total. The van der Waals surface area contributed by atoms with Gasteiger partial charge in [0, 0.05) is 10.6 Å². The van der Waals surface area contributed by atoms with Gasteiger partial charge in [-0.15, -0.1) is 11.8 Å². The van der Waals surface area contributed by atoms with Gasteiger partial charge in [-0.05, 0) is 24.3 Å². The third-order valence-electron chi connectivity index (χ3n) is 2.27. The van der Waals surface area contributed by atoms with Crippen LogP contribution < -0.4 is 11.3 Å². The number of nitrogens with two attached hydrogens (primary N) is 1. The summed E-state index contributed by atoms with van der Waals surface area (Å²) in [7, 11) is 0. The average molecular weight is 284 g/mol. The Bertz CT molecular complexity index is 551. The lowest BCUT2D eigenvalue weighted by Crippen LogP contribution is -2.09. The molecule has 0 aliphatic carbocycles. The van der Waals surface area contributed by atoms with E-state index in [0.29, 0.717) is 27.2 Å². The van der Waals surface area contributed by atoms with Gasteiger partial charge < -0.3 is 5.43 Å². The molecule has 2 aromatic rings. The van der Waals surface area contributed by atoms with Crippen LogP contribution in [-0.4, -0.2) is 4.98 Å². The van der Waals surface area contributed by atoms with Crippen molar-refractivity contribution >= 4 is 29.2 Å². The van der Waals surface area contributed by atoms with E-state index in [9.17, 15) is 4.39 Å². The number of hydrogen-bond donors (Lipinski definition) is 2. The smallest absolute Gasteiger partial charge is 0.140 e. The Morgan fingerprint density at radius 3 is 2.78 bits per heavy atom. The molecule has 0 spiro atoms. The van der Waals surface area contributed by atoms with Gasteiger partial charge in [0.15, 0.2) is 0 Å². The van der Waals surface area contributed by atoms with Crippen LogP contribution in [0, 0.1) is 5.82 Å². The summed E-state index contributed by atoms with van der Waals surface area (Å²) in [4.78, 5) is 4.79. The first-order valence-corrected chi connectivity index (χ1v) is 6.56. The van der Waals surface area contributed by atoms with Crippen molar-refractivity contribution in [3.8, 4) is 0 Å². The number of anilines is 1. The Morgan fingerprint density at radius 2 is 2.06 bits per heavy atom. The molecular weight excluding hydrogens is 273 g/mol. The molecular formula is C12H11ClFN3S. The van der Waals surface area contributed by atoms with Gasteiger partial charge in [-0.1, -0.05) is 23.7 Å². The SMILES string of the molecule is NNc1ccc(Cl)c(CSc2ccccc2F)n1. The molecule has 6 heteroatoms. The van der Waals surface area contributed by atoms with E-state index < -0.39 is 0 Å². The first-order valence-electron chi connectivity index (χ1n) is 5.20. The maximum atomic E-state index is 13.4. The Hall–Kier alpha value is -1.30. The summed E-state index contributed by atoms with van der Waals surface area (Å²) in [5.41, 5.74) is 3.12. The van der Waals surface area contributed by atoms with Crippen LogP contribution in [0.15, 0.2) is 41.3 Å². The molecule has 0 aliphatic rings. The molecule has 1 aromatic heterocycles. The lowest BCUT2D eigenvalue weighted by Gasteiger charge is -2.06. The highest BCUT2D eigenvalue weighted by molar-refractivity contribution is 7.98. The van der Waals surface area contributed by atoms with E-state index in [1.807, 2.05) is 0 Å². The molecule has 1 aromatic carbocycles. The zero-order valence-corrected chi connectivity index (χ0v) is 10.9. The molecule has 0 saturated carbocycles. The van der Waals surface area contributed by atoms with Crippen molar-refractivity contribution in [1.29, 1.82) is 0 Å². The standard InChI is InChI=1S/C12H11ClFN3S/c13-8-5-6-12(17-15)16-10(8)7-18-11-4-2-1-3-9(11)14/h1-6H,7,15H2,(H,16,17). The molecule has 0 unspecified atom stereocenters. The van der Waals surface area contributed by atoms with E-state index in [1.54, 1.807) is 30.3 Å². The number of thioether (sulfide) groups is 1. The Labute approximate surface area is 114 Å². The van der Waals surface area contributed by atoms with Gasteiger partial charge in [-0.3, -0.25) is 0 Å². The van der Waals surface area contributed by atoms with Crippen LogP contribution in [0.4, 0.5) is 10.2 Å². The fraction of sp³-hybridized carbons (Fsp3) is 0.0833. The lowest BCUT2D eigenvalue weighted by molar-refractivity contribution is 0.602. The molecule has 0 radical (unpaired) electrons. The third kappa shape index (κ3) is 3.13. The van der Waals surface area contributed by atoms with E-state index >= 15 is 0 Å². The minimum absolute atomic E-state index is 0.244. The van der Waals surface area contributed by atoms with Crippen LogP contribution in [0.1, 0.15) is 5.69 Å². The van der Waals surface area contributed by atoms with Gasteiger partial charge in [-0.2, -0.15) is 0 Å². The molecule has 0 amide bonds. The minimum Gasteiger partial charge on any atom is -0.308 e. The lowest BCUT2D eigenvalue weighted by atomic mass is 10.3. The topological polar surface area (TPSA) is 50.9 Å². The number of rotatable bonds is 4. The fourth-order valence-corrected chi connectivity index (χ4v) is 2.52. The Kier molecular flexibility index (Phi) is 4.41. The highest BCUT2D eigenvalue weighted by Gasteiger charge is 2.07. The van der Waals surface area contributed by atoms with E-state index in [2.05, 4.69) is 10.4 Å². The van der Waals surface area contributed by atoms with Crippen molar-refractivity contribution in [2.75, 3.05) is 5.43 Å². The highest BCUT2D eigenvalue weighted by Crippen LogP contribution is 2.27. The van der Waals surface area contributed by atoms with Gasteiger partial charge in [0.05, 0.1) is 10.7 Å². The van der Waals surface area contributed by atoms with Crippen LogP contribution in [0.3, 0.4) is 0 Å². The second-order valence-corrected chi connectivity index (χ2v) is 4.91. The number of hydrazine groups is 1. The predicted octanol–water partition coefficient (Wildman–Crippen LogP) is 3.45. The molecule has 0 fully saturated rings. The molecule has 0 atom stereocenters. The number of halogens is 2. The van der Waals surface area contributed by atoms with Crippen molar-refractivity contribution in [3.05, 3.63) is 52.9 Å². The van der Waals surface area contributed by atoms with Crippen LogP contribution in [-0.2, 0) is 5.75 Å². The molecule has 0 saturated heterocycles. The average Bonchev–Trinajstić information content (AvgIpc) is 2.39. The first kappa shape index (κ1) is 13.1. The second-order valence-electron chi connectivity index (χ2n) is 3.49. The summed E-state index contributed by atoms with van der Waals surface area (Å²) in [6, 6.07) is 9.98. The van der Waals surface area contributed by atoms with Crippen LogP contribution >= 0.6 is 23.4 Å². The van der Waals surface area contributed by atoms with E-state index in [4.69, 9.17) is 17.4 Å². The van der Waals surface area contributed by atoms with Gasteiger partial charge >= 0.3 is 0 Å². The summed E-state index contributed by atoms with van der Waals surface area (Å²) in [6.45, 7) is 0. The third-order valence-corrected chi connectivity index (χ3v) is 3.67. The summed E-state index contributed by atoms with van der Waals surface area (Å²) in [5.74, 6) is 6.05. The van der Waals surface area contributed by atoms with Crippen LogP contribution in [0.2, 0.25) is 5.02 Å². The van der Waals surface area contributed by atoms with Gasteiger partial charge in [0.25, 0.3) is 0 Å². The molecule has 18 heavy (non-hydrogen) atoms. The van der Waals surface area contributed by atoms with E-state index in [-0.39, 0.29) is 5.82 Å². The quantitative estimate of drug-likeness (QED) is 0.513. The van der Waals surface area contributed by atoms with Gasteiger partial charge in [0.1, 0.15) is 11.6 Å². The van der Waals surface area contributed by atoms with Crippen molar-refractivity contribution in [3.63, 3.8) is 0 Å². The van der Waals surface area contributed by atoms with Crippen molar-refractivity contribution in [1.82, 2.24) is 4.98 Å². The Morgan fingerprint density at radius 1 is 1.28 bits per heavy atom. The molecule has 94 valence electrons. The maximum absolute atomic E-state index is 13.4. The van der Waals surface area contributed by atoms with Crippen molar-refractivity contribution in [2.24, 2.45) is 5.84 Å². The number of benzene rings is 1. The number of nitrogen functional groups attached to an aromatic ring is 1. The molecule has 0 aliphatic heterocycles. The second kappa shape index (κ2) is 6.04. The number of nitrogens with one attached hydrogen (secondary N) is 1. The largest absolute Gasteiger partial charge is 0.308 e. The number of pyridine rings is 1. The van der Waals surface area contributed by atoms with Crippen molar-refractivity contribution < 1.29 is 4.39 Å². The van der Waals surface area contributed by atoms with E-state index in [0.717, 1.165) is 0 Å². The number of nitrogens with zero attached hydrogens (tertiary/aromatic N) is 1. The fourth-order valence-electron chi connectivity index (χ4n) is 1.37. The molecule has 3 nitrogen and oxygen atoms in total. The van der Waals surface area contributed by atoms with Crippen LogP contribution in [0.25, 0.3) is 0 Å². The van der Waals surface area contributed by atoms with Gasteiger partial charge in [0.2, 0.25) is 0 Å². The number of hydrogen-bond acceptors (Lipinski definition) is 4. The van der Waals surface area contributed by atoms with E-state index in [1.165, 1.54) is 17.8 Å². The summed E-state index contributed by atoms with van der Waals surface area (Å²) >= 11 is 7.36. The molecule has 0 bridgehead atoms. The summed E-state index contributed by atoms with van der Waals surface area (Å²) in [5, 5.41) is 0.540. The summed E-state index contributed by atoms with van der Waals surface area (Å²) < 4.78 is 13.4. The zero-order chi connectivity index (χ0) is 13.0. The first-order chi connectivity index (χ1) is 8.70. The highest BCUT2D eigenvalue weighted by atomic mass is 35.5. The Balaban J connectivity index is 2.13. The van der Waals surface area contributed by atoms with Crippen molar-refractivity contribution in [2.45, 2.75) is 10.6 Å². The predicted molar refractivity (Wildman–Crippen MR) is 73.0 cm³/mol. The number of aromatic nitrogens is 1. The monoisotopic (exact) mass is 283 g/mol. The maximum Gasteiger partial charge on any atom is 0.140 e. The zero-order valence-electron chi connectivity index (χ0n) is 9.36. The van der Waals surface area contributed by atoms with Gasteiger partial charge in [-0.25, -0.2) is 15.2 Å². The minimum atomic E-state index is -0.244. The van der Waals surface area contributed by atoms with Crippen LogP contribution in [0.5, 0.6) is 0 Å². The molecule has 2 rings (SSSR count). The molecule has 1 heterocycles.